The first-order valence-corrected chi connectivity index (χ1v) is 6.60. The van der Waals surface area contributed by atoms with Crippen molar-refractivity contribution in [1.29, 1.82) is 0 Å². The third-order valence-corrected chi connectivity index (χ3v) is 3.39. The molecule has 1 aromatic rings. The van der Waals surface area contributed by atoms with Crippen LogP contribution in [0.5, 0.6) is 0 Å². The van der Waals surface area contributed by atoms with Gasteiger partial charge in [0, 0.05) is 26.6 Å². The Kier molecular flexibility index (Phi) is 4.14. The third-order valence-electron chi connectivity index (χ3n) is 3.39. The highest BCUT2D eigenvalue weighted by Gasteiger charge is 2.19. The lowest BCUT2D eigenvalue weighted by Crippen LogP contribution is -2.34. The van der Waals surface area contributed by atoms with Crippen molar-refractivity contribution in [2.75, 3.05) is 31.6 Å². The molecule has 0 bridgehead atoms. The number of likely N-dealkylation sites (N-methyl/N-ethyl adjacent to an activating group) is 1. The summed E-state index contributed by atoms with van der Waals surface area (Å²) in [6.07, 6.45) is 3.08. The molecule has 0 aliphatic carbocycles. The molecule has 1 amide bonds. The topological polar surface area (TPSA) is 53.5 Å². The van der Waals surface area contributed by atoms with E-state index in [0.29, 0.717) is 18.7 Å². The highest BCUT2D eigenvalue weighted by atomic mass is 16.2. The minimum Gasteiger partial charge on any atom is -0.361 e. The molecule has 0 aromatic carbocycles. The summed E-state index contributed by atoms with van der Waals surface area (Å²) in [6.45, 7) is 3.81. The van der Waals surface area contributed by atoms with E-state index in [1.54, 1.807) is 17.2 Å². The summed E-state index contributed by atoms with van der Waals surface area (Å²) in [7, 11) is 1.83. The monoisotopic (exact) mass is 261 g/mol. The number of hydrogen-bond donors (Lipinski definition) is 0. The molecule has 1 fully saturated rings. The van der Waals surface area contributed by atoms with E-state index < -0.39 is 0 Å². The van der Waals surface area contributed by atoms with Crippen molar-refractivity contribution >= 4 is 17.4 Å². The number of anilines is 1. The molecule has 102 valence electrons. The molecule has 2 rings (SSSR count). The number of carbonyl (C=O) groups excluding carboxylic acids is 2. The number of nitrogens with zero attached hydrogens (tertiary/aromatic N) is 3. The smallest absolute Gasteiger partial charge is 0.241 e. The predicted octanol–water partition coefficient (Wildman–Crippen LogP) is 1.34. The van der Waals surface area contributed by atoms with E-state index in [4.69, 9.17) is 0 Å². The second-order valence-electron chi connectivity index (χ2n) is 4.77. The average Bonchev–Trinajstić information content (AvgIpc) is 2.60. The molecule has 5 heteroatoms. The molecular weight excluding hydrogens is 242 g/mol. The Bertz CT molecular complexity index is 470. The largest absolute Gasteiger partial charge is 0.361 e. The molecule has 1 aliphatic heterocycles. The number of rotatable bonds is 3. The van der Waals surface area contributed by atoms with Crippen LogP contribution in [-0.4, -0.2) is 48.3 Å². The van der Waals surface area contributed by atoms with Crippen molar-refractivity contribution in [3.8, 4) is 0 Å². The first-order chi connectivity index (χ1) is 9.11. The van der Waals surface area contributed by atoms with Crippen LogP contribution in [0.15, 0.2) is 18.3 Å². The molecule has 1 aliphatic rings. The zero-order chi connectivity index (χ0) is 13.8. The Morgan fingerprint density at radius 1 is 1.37 bits per heavy atom. The van der Waals surface area contributed by atoms with Crippen molar-refractivity contribution in [2.24, 2.45) is 0 Å². The highest BCUT2D eigenvalue weighted by molar-refractivity contribution is 5.94. The van der Waals surface area contributed by atoms with Crippen molar-refractivity contribution in [2.45, 2.75) is 19.8 Å². The van der Waals surface area contributed by atoms with E-state index in [-0.39, 0.29) is 11.7 Å². The Morgan fingerprint density at radius 2 is 2.16 bits per heavy atom. The van der Waals surface area contributed by atoms with Crippen molar-refractivity contribution in [1.82, 2.24) is 9.88 Å². The molecule has 0 spiro atoms. The second kappa shape index (κ2) is 5.82. The predicted molar refractivity (Wildman–Crippen MR) is 73.3 cm³/mol. The van der Waals surface area contributed by atoms with Crippen LogP contribution in [0.4, 0.5) is 5.69 Å². The lowest BCUT2D eigenvalue weighted by atomic mass is 10.2. The molecule has 0 atom stereocenters. The van der Waals surface area contributed by atoms with Gasteiger partial charge in [-0.05, 0) is 18.6 Å². The number of Topliss-reactive ketones (excluding diaryl/α,β-unsaturated/α-hetero) is 1. The van der Waals surface area contributed by atoms with Gasteiger partial charge in [-0.15, -0.1) is 0 Å². The highest BCUT2D eigenvalue weighted by Crippen LogP contribution is 2.16. The molecule has 0 saturated carbocycles. The van der Waals surface area contributed by atoms with Gasteiger partial charge < -0.3 is 9.80 Å². The fourth-order valence-corrected chi connectivity index (χ4v) is 2.13. The van der Waals surface area contributed by atoms with Gasteiger partial charge in [-0.3, -0.25) is 14.6 Å². The van der Waals surface area contributed by atoms with Crippen LogP contribution in [0.3, 0.4) is 0 Å². The Labute approximate surface area is 113 Å². The number of pyridine rings is 1. The van der Waals surface area contributed by atoms with E-state index in [0.717, 1.165) is 25.2 Å². The maximum Gasteiger partial charge on any atom is 0.241 e. The molecule has 0 unspecified atom stereocenters. The van der Waals surface area contributed by atoms with Gasteiger partial charge in [0.05, 0.1) is 18.4 Å². The first kappa shape index (κ1) is 13.5. The Morgan fingerprint density at radius 3 is 2.79 bits per heavy atom. The zero-order valence-electron chi connectivity index (χ0n) is 11.4. The van der Waals surface area contributed by atoms with Gasteiger partial charge >= 0.3 is 0 Å². The standard InChI is InChI=1S/C14H19N3O2/c1-3-13(18)12-6-5-11(9-15-12)17-8-4-7-16(2)14(19)10-17/h5-6,9H,3-4,7-8,10H2,1-2H3. The van der Waals surface area contributed by atoms with Gasteiger partial charge in [-0.1, -0.05) is 6.92 Å². The number of aromatic nitrogens is 1. The minimum atomic E-state index is 0.0400. The van der Waals surface area contributed by atoms with Crippen molar-refractivity contribution in [3.63, 3.8) is 0 Å². The van der Waals surface area contributed by atoms with Crippen LogP contribution in [0.25, 0.3) is 0 Å². The maximum atomic E-state index is 11.8. The number of amides is 1. The van der Waals surface area contributed by atoms with Crippen LogP contribution in [0.2, 0.25) is 0 Å². The van der Waals surface area contributed by atoms with Gasteiger partial charge in [0.1, 0.15) is 5.69 Å². The van der Waals surface area contributed by atoms with E-state index in [9.17, 15) is 9.59 Å². The number of ketones is 1. The lowest BCUT2D eigenvalue weighted by molar-refractivity contribution is -0.127. The first-order valence-electron chi connectivity index (χ1n) is 6.60. The molecule has 0 N–H and O–H groups in total. The van der Waals surface area contributed by atoms with Crippen LogP contribution in [0.1, 0.15) is 30.3 Å². The zero-order valence-corrected chi connectivity index (χ0v) is 11.4. The van der Waals surface area contributed by atoms with Gasteiger partial charge in [0.25, 0.3) is 0 Å². The summed E-state index contributed by atoms with van der Waals surface area (Å²) >= 11 is 0. The molecule has 1 saturated heterocycles. The molecule has 19 heavy (non-hydrogen) atoms. The van der Waals surface area contributed by atoms with Crippen LogP contribution < -0.4 is 4.90 Å². The molecular formula is C14H19N3O2. The number of carbonyl (C=O) groups is 2. The molecule has 5 nitrogen and oxygen atoms in total. The van der Waals surface area contributed by atoms with E-state index >= 15 is 0 Å². The number of hydrogen-bond acceptors (Lipinski definition) is 4. The second-order valence-corrected chi connectivity index (χ2v) is 4.77. The summed E-state index contributed by atoms with van der Waals surface area (Å²) in [5.74, 6) is 0.157. The molecule has 0 radical (unpaired) electrons. The average molecular weight is 261 g/mol. The van der Waals surface area contributed by atoms with Gasteiger partial charge in [0.2, 0.25) is 5.91 Å². The van der Waals surface area contributed by atoms with E-state index in [1.807, 2.05) is 24.9 Å². The lowest BCUT2D eigenvalue weighted by Gasteiger charge is -2.21. The van der Waals surface area contributed by atoms with Crippen molar-refractivity contribution < 1.29 is 9.59 Å². The molecule has 1 aromatic heterocycles. The van der Waals surface area contributed by atoms with Gasteiger partial charge in [-0.25, -0.2) is 0 Å². The summed E-state index contributed by atoms with van der Waals surface area (Å²) in [6, 6.07) is 3.61. The summed E-state index contributed by atoms with van der Waals surface area (Å²) < 4.78 is 0. The van der Waals surface area contributed by atoms with Crippen LogP contribution in [-0.2, 0) is 4.79 Å². The van der Waals surface area contributed by atoms with Crippen LogP contribution >= 0.6 is 0 Å². The normalized spacial score (nSPS) is 16.4. The summed E-state index contributed by atoms with van der Waals surface area (Å²) in [4.78, 5) is 31.3. The van der Waals surface area contributed by atoms with Crippen molar-refractivity contribution in [3.05, 3.63) is 24.0 Å². The Hall–Kier alpha value is -1.91. The van der Waals surface area contributed by atoms with E-state index in [2.05, 4.69) is 4.98 Å². The summed E-state index contributed by atoms with van der Waals surface area (Å²) in [5.41, 5.74) is 1.39. The van der Waals surface area contributed by atoms with Gasteiger partial charge in [-0.2, -0.15) is 0 Å². The fraction of sp³-hybridized carbons (Fsp3) is 0.500. The molecule has 2 heterocycles. The maximum absolute atomic E-state index is 11.8. The fourth-order valence-electron chi connectivity index (χ4n) is 2.13. The van der Waals surface area contributed by atoms with Gasteiger partial charge in [0.15, 0.2) is 5.78 Å². The summed E-state index contributed by atoms with van der Waals surface area (Å²) in [5, 5.41) is 0. The van der Waals surface area contributed by atoms with Crippen LogP contribution in [0, 0.1) is 0 Å². The van der Waals surface area contributed by atoms with E-state index in [1.165, 1.54) is 0 Å². The minimum absolute atomic E-state index is 0.0400. The quantitative estimate of drug-likeness (QED) is 0.771. The Balaban J connectivity index is 2.13. The SMILES string of the molecule is CCC(=O)c1ccc(N2CCCN(C)C(=O)C2)cn1. The third kappa shape index (κ3) is 3.10.